The molecule has 0 bridgehead atoms. The predicted octanol–water partition coefficient (Wildman–Crippen LogP) is 3.79. The second-order valence-electron chi connectivity index (χ2n) is 5.41. The lowest BCUT2D eigenvalue weighted by Crippen LogP contribution is -2.23. The first-order chi connectivity index (χ1) is 8.79. The van der Waals surface area contributed by atoms with Crippen molar-refractivity contribution in [1.82, 2.24) is 0 Å². The van der Waals surface area contributed by atoms with Crippen LogP contribution in [0.15, 0.2) is 12.1 Å². The van der Waals surface area contributed by atoms with Gasteiger partial charge in [0, 0.05) is 11.4 Å². The predicted molar refractivity (Wildman–Crippen MR) is 72.6 cm³/mol. The number of alkyl halides is 1. The lowest BCUT2D eigenvalue weighted by Gasteiger charge is -2.31. The molecule has 3 heteroatoms. The van der Waals surface area contributed by atoms with Gasteiger partial charge in [0.15, 0.2) is 11.5 Å². The minimum absolute atomic E-state index is 0.369. The fraction of sp³-hybridized carbons (Fsp3) is 0.600. The highest BCUT2D eigenvalue weighted by atomic mass is 35.5. The van der Waals surface area contributed by atoms with Gasteiger partial charge in [0.05, 0.1) is 0 Å². The number of benzene rings is 1. The van der Waals surface area contributed by atoms with Gasteiger partial charge >= 0.3 is 0 Å². The highest BCUT2D eigenvalue weighted by Gasteiger charge is 2.30. The zero-order chi connectivity index (χ0) is 12.5. The number of hydrogen-bond acceptors (Lipinski definition) is 2. The van der Waals surface area contributed by atoms with Gasteiger partial charge in [-0.2, -0.15) is 0 Å². The third-order valence-electron chi connectivity index (χ3n) is 4.26. The van der Waals surface area contributed by atoms with E-state index in [1.165, 1.54) is 17.5 Å². The minimum Gasteiger partial charge on any atom is -0.454 e. The summed E-state index contributed by atoms with van der Waals surface area (Å²) in [4.78, 5) is 0. The zero-order valence-electron chi connectivity index (χ0n) is 10.7. The normalized spacial score (nSPS) is 25.0. The lowest BCUT2D eigenvalue weighted by molar-refractivity contribution is 0.172. The van der Waals surface area contributed by atoms with Gasteiger partial charge in [0.25, 0.3) is 0 Å². The summed E-state index contributed by atoms with van der Waals surface area (Å²) in [6.07, 6.45) is 4.59. The van der Waals surface area contributed by atoms with Crippen LogP contribution < -0.4 is 9.47 Å². The van der Waals surface area contributed by atoms with Crippen molar-refractivity contribution in [2.24, 2.45) is 11.8 Å². The van der Waals surface area contributed by atoms with Gasteiger partial charge in [0.2, 0.25) is 6.79 Å². The summed E-state index contributed by atoms with van der Waals surface area (Å²) in [6, 6.07) is 4.25. The van der Waals surface area contributed by atoms with E-state index in [2.05, 4.69) is 13.0 Å². The molecule has 2 nitrogen and oxygen atoms in total. The number of ether oxygens (including phenoxy) is 2. The van der Waals surface area contributed by atoms with Gasteiger partial charge in [-0.15, -0.1) is 11.6 Å². The molecule has 2 atom stereocenters. The first kappa shape index (κ1) is 12.2. The summed E-state index contributed by atoms with van der Waals surface area (Å²) >= 11 is 5.82. The van der Waals surface area contributed by atoms with Crippen LogP contribution in [0.1, 0.15) is 30.9 Å². The fourth-order valence-corrected chi connectivity index (χ4v) is 3.34. The molecule has 18 heavy (non-hydrogen) atoms. The second-order valence-corrected chi connectivity index (χ2v) is 5.79. The molecule has 0 spiro atoms. The molecular formula is C15H19ClO2. The van der Waals surface area contributed by atoms with Gasteiger partial charge in [-0.3, -0.25) is 0 Å². The van der Waals surface area contributed by atoms with E-state index in [9.17, 15) is 0 Å². The quantitative estimate of drug-likeness (QED) is 0.775. The zero-order valence-corrected chi connectivity index (χ0v) is 11.5. The molecule has 0 saturated carbocycles. The van der Waals surface area contributed by atoms with Crippen LogP contribution in [0, 0.1) is 11.8 Å². The van der Waals surface area contributed by atoms with E-state index < -0.39 is 0 Å². The summed E-state index contributed by atoms with van der Waals surface area (Å²) in [5.74, 6) is 4.14. The van der Waals surface area contributed by atoms with Crippen LogP contribution in [0.2, 0.25) is 0 Å². The largest absolute Gasteiger partial charge is 0.454 e. The maximum Gasteiger partial charge on any atom is 0.231 e. The van der Waals surface area contributed by atoms with Gasteiger partial charge in [-0.05, 0) is 49.1 Å². The molecule has 0 fully saturated rings. The Labute approximate surface area is 113 Å². The van der Waals surface area contributed by atoms with Gasteiger partial charge in [-0.1, -0.05) is 13.0 Å². The molecule has 2 aliphatic rings. The SMILES string of the molecule is C[C@@H]1Cc2ccc3c(c2C[C@H]1CCCCl)OCO3. The van der Waals surface area contributed by atoms with Crippen molar-refractivity contribution >= 4 is 11.6 Å². The Morgan fingerprint density at radius 2 is 2.17 bits per heavy atom. The van der Waals surface area contributed by atoms with E-state index >= 15 is 0 Å². The summed E-state index contributed by atoms with van der Waals surface area (Å²) in [7, 11) is 0. The van der Waals surface area contributed by atoms with Crippen LogP contribution in [-0.2, 0) is 12.8 Å². The molecule has 1 heterocycles. The van der Waals surface area contributed by atoms with Crippen LogP contribution in [0.3, 0.4) is 0 Å². The summed E-state index contributed by atoms with van der Waals surface area (Å²) in [6.45, 7) is 2.72. The minimum atomic E-state index is 0.369. The van der Waals surface area contributed by atoms with Gasteiger partial charge < -0.3 is 9.47 Å². The number of rotatable bonds is 3. The van der Waals surface area contributed by atoms with E-state index in [1.54, 1.807) is 0 Å². The van der Waals surface area contributed by atoms with Crippen molar-refractivity contribution in [3.63, 3.8) is 0 Å². The number of fused-ring (bicyclic) bond motifs is 3. The monoisotopic (exact) mass is 266 g/mol. The Morgan fingerprint density at radius 3 is 3.00 bits per heavy atom. The Balaban J connectivity index is 1.87. The molecule has 0 aromatic heterocycles. The smallest absolute Gasteiger partial charge is 0.231 e. The number of hydrogen-bond donors (Lipinski definition) is 0. The van der Waals surface area contributed by atoms with Crippen molar-refractivity contribution in [3.05, 3.63) is 23.3 Å². The second kappa shape index (κ2) is 5.00. The van der Waals surface area contributed by atoms with Crippen LogP contribution in [0.5, 0.6) is 11.5 Å². The average Bonchev–Trinajstić information content (AvgIpc) is 2.84. The standard InChI is InChI=1S/C15H19ClO2/c1-10-7-12-4-5-14-15(18-9-17-14)13(12)8-11(10)3-2-6-16/h4-5,10-11H,2-3,6-9H2,1H3/t10-,11-/m1/s1. The summed E-state index contributed by atoms with van der Waals surface area (Å²) < 4.78 is 11.1. The highest BCUT2D eigenvalue weighted by Crippen LogP contribution is 2.43. The lowest BCUT2D eigenvalue weighted by atomic mass is 9.74. The molecule has 0 radical (unpaired) electrons. The van der Waals surface area contributed by atoms with E-state index in [0.717, 1.165) is 48.5 Å². The van der Waals surface area contributed by atoms with E-state index in [1.807, 2.05) is 6.07 Å². The van der Waals surface area contributed by atoms with Crippen molar-refractivity contribution in [2.75, 3.05) is 12.7 Å². The highest BCUT2D eigenvalue weighted by molar-refractivity contribution is 6.17. The van der Waals surface area contributed by atoms with Crippen LogP contribution in [0.25, 0.3) is 0 Å². The van der Waals surface area contributed by atoms with E-state index in [0.29, 0.717) is 6.79 Å². The van der Waals surface area contributed by atoms with Crippen molar-refractivity contribution in [2.45, 2.75) is 32.6 Å². The maximum absolute atomic E-state index is 5.82. The molecule has 1 aliphatic carbocycles. The molecule has 0 amide bonds. The third kappa shape index (κ3) is 2.07. The van der Waals surface area contributed by atoms with Crippen molar-refractivity contribution < 1.29 is 9.47 Å². The molecular weight excluding hydrogens is 248 g/mol. The topological polar surface area (TPSA) is 18.5 Å². The van der Waals surface area contributed by atoms with Crippen LogP contribution in [-0.4, -0.2) is 12.7 Å². The van der Waals surface area contributed by atoms with Gasteiger partial charge in [0.1, 0.15) is 0 Å². The summed E-state index contributed by atoms with van der Waals surface area (Å²) in [5.41, 5.74) is 2.82. The van der Waals surface area contributed by atoms with Crippen molar-refractivity contribution in [1.29, 1.82) is 0 Å². The Kier molecular flexibility index (Phi) is 3.38. The first-order valence-corrected chi connectivity index (χ1v) is 7.29. The molecule has 0 unspecified atom stereocenters. The van der Waals surface area contributed by atoms with Crippen LogP contribution in [0.4, 0.5) is 0 Å². The average molecular weight is 267 g/mol. The van der Waals surface area contributed by atoms with Crippen molar-refractivity contribution in [3.8, 4) is 11.5 Å². The Morgan fingerprint density at radius 1 is 1.28 bits per heavy atom. The molecule has 0 saturated heterocycles. The van der Waals surface area contributed by atoms with Crippen LogP contribution >= 0.6 is 11.6 Å². The maximum atomic E-state index is 5.82. The third-order valence-corrected chi connectivity index (χ3v) is 4.53. The number of halogens is 1. The van der Waals surface area contributed by atoms with Gasteiger partial charge in [-0.25, -0.2) is 0 Å². The Hall–Kier alpha value is -0.890. The molecule has 1 aromatic carbocycles. The Bertz CT molecular complexity index is 444. The molecule has 0 N–H and O–H groups in total. The molecule has 1 aromatic rings. The fourth-order valence-electron chi connectivity index (χ4n) is 3.19. The van der Waals surface area contributed by atoms with E-state index in [-0.39, 0.29) is 0 Å². The molecule has 3 rings (SSSR count). The molecule has 1 aliphatic heterocycles. The molecule has 98 valence electrons. The summed E-state index contributed by atoms with van der Waals surface area (Å²) in [5, 5.41) is 0. The van der Waals surface area contributed by atoms with E-state index in [4.69, 9.17) is 21.1 Å². The first-order valence-electron chi connectivity index (χ1n) is 6.76.